The lowest BCUT2D eigenvalue weighted by Crippen LogP contribution is -2.45. The van der Waals surface area contributed by atoms with Gasteiger partial charge in [-0.15, -0.1) is 24.8 Å². The number of aromatic nitrogens is 1. The average molecular weight is 400 g/mol. The predicted octanol–water partition coefficient (Wildman–Crippen LogP) is 4.53. The number of nitrogens with zero attached hydrogens (tertiary/aromatic N) is 2. The maximum absolute atomic E-state index is 12.1. The Morgan fingerprint density at radius 2 is 1.77 bits per heavy atom. The molecule has 0 saturated carbocycles. The molecule has 1 atom stereocenters. The number of para-hydroxylation sites is 1. The number of carbonyl (C=O) groups excluding carboxylic acids is 1. The van der Waals surface area contributed by atoms with E-state index in [4.69, 9.17) is 0 Å². The van der Waals surface area contributed by atoms with Gasteiger partial charge in [-0.1, -0.05) is 32.0 Å². The minimum Gasteiger partial charge on any atom is -0.314 e. The maximum Gasteiger partial charge on any atom is 0.227 e. The van der Waals surface area contributed by atoms with Gasteiger partial charge in [0, 0.05) is 50.7 Å². The van der Waals surface area contributed by atoms with Crippen LogP contribution in [0.3, 0.4) is 0 Å². The summed E-state index contributed by atoms with van der Waals surface area (Å²) in [6.45, 7) is 10.4. The Kier molecular flexibility index (Phi) is 9.11. The Balaban J connectivity index is 0.00000169. The second kappa shape index (κ2) is 10.3. The van der Waals surface area contributed by atoms with E-state index in [1.165, 1.54) is 17.4 Å². The van der Waals surface area contributed by atoms with Gasteiger partial charge in [-0.25, -0.2) is 0 Å². The Morgan fingerprint density at radius 1 is 1.12 bits per heavy atom. The second-order valence-corrected chi connectivity index (χ2v) is 7.26. The molecule has 1 aliphatic heterocycles. The maximum atomic E-state index is 12.1. The number of fused-ring (bicyclic) bond motifs is 1. The number of nitrogens with one attached hydrogen (secondary N) is 1. The first-order valence-electron chi connectivity index (χ1n) is 9.13. The first kappa shape index (κ1) is 23.0. The highest BCUT2D eigenvalue weighted by Gasteiger charge is 2.26. The van der Waals surface area contributed by atoms with Crippen molar-refractivity contribution in [1.82, 2.24) is 14.8 Å². The second-order valence-electron chi connectivity index (χ2n) is 7.26. The number of rotatable bonds is 5. The van der Waals surface area contributed by atoms with Gasteiger partial charge in [0.2, 0.25) is 5.91 Å². The first-order chi connectivity index (χ1) is 11.6. The lowest BCUT2D eigenvalue weighted by molar-refractivity contribution is 0.0940. The topological polar surface area (TPSA) is 37.3 Å². The zero-order valence-electron chi connectivity index (χ0n) is 15.9. The molecular formula is C20H31Cl2N3O. The fraction of sp³-hybridized carbons (Fsp3) is 0.550. The van der Waals surface area contributed by atoms with Crippen LogP contribution in [0, 0.1) is 5.92 Å². The van der Waals surface area contributed by atoms with Crippen molar-refractivity contribution in [2.24, 2.45) is 5.92 Å². The summed E-state index contributed by atoms with van der Waals surface area (Å²) in [7, 11) is 0. The zero-order valence-corrected chi connectivity index (χ0v) is 17.5. The van der Waals surface area contributed by atoms with Crippen molar-refractivity contribution < 1.29 is 4.79 Å². The predicted molar refractivity (Wildman–Crippen MR) is 114 cm³/mol. The molecule has 0 amide bonds. The van der Waals surface area contributed by atoms with Crippen LogP contribution in [0.5, 0.6) is 0 Å². The monoisotopic (exact) mass is 399 g/mol. The summed E-state index contributed by atoms with van der Waals surface area (Å²) in [4.78, 5) is 14.7. The molecule has 1 N–H and O–H groups in total. The molecule has 0 aliphatic carbocycles. The van der Waals surface area contributed by atoms with Crippen LogP contribution < -0.4 is 5.32 Å². The zero-order chi connectivity index (χ0) is 17.1. The van der Waals surface area contributed by atoms with E-state index in [-0.39, 0.29) is 30.7 Å². The van der Waals surface area contributed by atoms with Crippen molar-refractivity contribution in [1.29, 1.82) is 0 Å². The van der Waals surface area contributed by atoms with Crippen LogP contribution in [0.25, 0.3) is 10.9 Å². The van der Waals surface area contributed by atoms with E-state index >= 15 is 0 Å². The molecule has 1 aromatic heterocycles. The molecule has 3 rings (SSSR count). The largest absolute Gasteiger partial charge is 0.314 e. The smallest absolute Gasteiger partial charge is 0.227 e. The summed E-state index contributed by atoms with van der Waals surface area (Å²) in [6, 6.07) is 8.69. The molecule has 1 aliphatic rings. The number of piperazine rings is 1. The molecule has 6 heteroatoms. The van der Waals surface area contributed by atoms with Gasteiger partial charge in [0.15, 0.2) is 0 Å². The summed E-state index contributed by atoms with van der Waals surface area (Å²) in [6.07, 6.45) is 4.43. The number of halogens is 2. The van der Waals surface area contributed by atoms with Crippen molar-refractivity contribution in [2.75, 3.05) is 26.2 Å². The normalized spacial score (nSPS) is 16.2. The Labute approximate surface area is 169 Å². The van der Waals surface area contributed by atoms with Crippen LogP contribution >= 0.6 is 24.8 Å². The van der Waals surface area contributed by atoms with Gasteiger partial charge in [-0.3, -0.25) is 14.3 Å². The number of carbonyl (C=O) groups is 1. The van der Waals surface area contributed by atoms with Gasteiger partial charge in [0.25, 0.3) is 0 Å². The molecule has 2 aromatic rings. The molecule has 1 saturated heterocycles. The van der Waals surface area contributed by atoms with Crippen molar-refractivity contribution in [3.63, 3.8) is 0 Å². The molecule has 0 spiro atoms. The SMILES string of the molecule is CC(=O)n1cc([C@@H](CCC(C)C)N2CCNCC2)c2ccccc21.Cl.Cl. The highest BCUT2D eigenvalue weighted by molar-refractivity contribution is 5.93. The molecule has 4 nitrogen and oxygen atoms in total. The van der Waals surface area contributed by atoms with Crippen molar-refractivity contribution in [3.8, 4) is 0 Å². The Bertz CT molecular complexity index is 708. The van der Waals surface area contributed by atoms with E-state index in [0.717, 1.165) is 38.1 Å². The number of hydrogen-bond donors (Lipinski definition) is 1. The Morgan fingerprint density at radius 3 is 2.38 bits per heavy atom. The number of hydrogen-bond acceptors (Lipinski definition) is 3. The lowest BCUT2D eigenvalue weighted by Gasteiger charge is -2.35. The molecule has 2 heterocycles. The van der Waals surface area contributed by atoms with Crippen molar-refractivity contribution in [2.45, 2.75) is 39.7 Å². The molecule has 0 bridgehead atoms. The van der Waals surface area contributed by atoms with E-state index in [9.17, 15) is 4.79 Å². The van der Waals surface area contributed by atoms with Crippen LogP contribution in [-0.4, -0.2) is 41.6 Å². The van der Waals surface area contributed by atoms with E-state index in [1.54, 1.807) is 6.92 Å². The summed E-state index contributed by atoms with van der Waals surface area (Å²) < 4.78 is 1.81. The summed E-state index contributed by atoms with van der Waals surface area (Å²) in [5.74, 6) is 0.775. The first-order valence-corrected chi connectivity index (χ1v) is 9.13. The lowest BCUT2D eigenvalue weighted by atomic mass is 9.95. The highest BCUT2D eigenvalue weighted by atomic mass is 35.5. The molecule has 146 valence electrons. The standard InChI is InChI=1S/C20H29N3O.2ClH/c1-15(2)8-9-19(22-12-10-21-11-13-22)18-14-23(16(3)24)20-7-5-4-6-17(18)20;;/h4-7,14-15,19,21H,8-13H2,1-3H3;2*1H/t19-;;/m1../s1. The summed E-state index contributed by atoms with van der Waals surface area (Å²) in [5.41, 5.74) is 2.34. The van der Waals surface area contributed by atoms with Gasteiger partial charge >= 0.3 is 0 Å². The van der Waals surface area contributed by atoms with Crippen LogP contribution in [0.15, 0.2) is 30.5 Å². The van der Waals surface area contributed by atoms with E-state index in [0.29, 0.717) is 12.0 Å². The van der Waals surface area contributed by atoms with Gasteiger partial charge in [0.05, 0.1) is 5.52 Å². The quantitative estimate of drug-likeness (QED) is 0.802. The molecule has 0 radical (unpaired) electrons. The van der Waals surface area contributed by atoms with Gasteiger partial charge in [-0.05, 0) is 30.4 Å². The molecule has 1 fully saturated rings. The van der Waals surface area contributed by atoms with Crippen molar-refractivity contribution in [3.05, 3.63) is 36.0 Å². The van der Waals surface area contributed by atoms with E-state index in [1.807, 2.05) is 10.6 Å². The minimum absolute atomic E-state index is 0. The fourth-order valence-corrected chi connectivity index (χ4v) is 3.75. The number of benzene rings is 1. The fourth-order valence-electron chi connectivity index (χ4n) is 3.75. The van der Waals surface area contributed by atoms with Crippen LogP contribution in [-0.2, 0) is 0 Å². The van der Waals surface area contributed by atoms with Gasteiger partial charge in [-0.2, -0.15) is 0 Å². The van der Waals surface area contributed by atoms with E-state index in [2.05, 4.69) is 48.5 Å². The third-order valence-corrected chi connectivity index (χ3v) is 5.05. The van der Waals surface area contributed by atoms with Crippen LogP contribution in [0.1, 0.15) is 50.0 Å². The molecule has 0 unspecified atom stereocenters. The Hall–Kier alpha value is -1.07. The summed E-state index contributed by atoms with van der Waals surface area (Å²) >= 11 is 0. The van der Waals surface area contributed by atoms with Gasteiger partial charge < -0.3 is 5.32 Å². The molecule has 1 aromatic carbocycles. The third-order valence-electron chi connectivity index (χ3n) is 5.05. The van der Waals surface area contributed by atoms with E-state index < -0.39 is 0 Å². The minimum atomic E-state index is 0. The third kappa shape index (κ3) is 5.01. The molecular weight excluding hydrogens is 369 g/mol. The average Bonchev–Trinajstić information content (AvgIpc) is 2.96. The van der Waals surface area contributed by atoms with Gasteiger partial charge in [0.1, 0.15) is 0 Å². The highest BCUT2D eigenvalue weighted by Crippen LogP contribution is 2.34. The van der Waals surface area contributed by atoms with Crippen molar-refractivity contribution >= 4 is 41.6 Å². The summed E-state index contributed by atoms with van der Waals surface area (Å²) in [5, 5.41) is 4.67. The van der Waals surface area contributed by atoms with Crippen LogP contribution in [0.2, 0.25) is 0 Å². The molecule has 26 heavy (non-hydrogen) atoms. The van der Waals surface area contributed by atoms with Crippen LogP contribution in [0.4, 0.5) is 0 Å².